The second kappa shape index (κ2) is 8.52. The van der Waals surface area contributed by atoms with Gasteiger partial charge in [-0.25, -0.2) is 0 Å². The first-order chi connectivity index (χ1) is 8.67. The third-order valence-electron chi connectivity index (χ3n) is 3.05. The van der Waals surface area contributed by atoms with Crippen LogP contribution in [0.5, 0.6) is 0 Å². The van der Waals surface area contributed by atoms with E-state index in [1.807, 2.05) is 24.3 Å². The lowest BCUT2D eigenvalue weighted by molar-refractivity contribution is 0.141. The minimum atomic E-state index is -0.390. The highest BCUT2D eigenvalue weighted by atomic mass is 35.5. The molecule has 1 aromatic rings. The van der Waals surface area contributed by atoms with E-state index >= 15 is 0 Å². The van der Waals surface area contributed by atoms with Crippen molar-refractivity contribution >= 4 is 11.6 Å². The van der Waals surface area contributed by atoms with Crippen molar-refractivity contribution in [1.82, 2.24) is 4.90 Å². The zero-order valence-electron chi connectivity index (χ0n) is 11.4. The van der Waals surface area contributed by atoms with E-state index in [1.54, 1.807) is 0 Å². The summed E-state index contributed by atoms with van der Waals surface area (Å²) in [5, 5.41) is 10.8. The lowest BCUT2D eigenvalue weighted by atomic mass is 10.1. The molecule has 0 saturated carbocycles. The van der Waals surface area contributed by atoms with E-state index in [-0.39, 0.29) is 0 Å². The Morgan fingerprint density at radius 3 is 2.11 bits per heavy atom. The standard InChI is InChI=1S/C15H24ClNO/c1-3-10-17(11-4-2)12-9-15(18)13-5-7-14(16)8-6-13/h5-8,15,18H,3-4,9-12H2,1-2H3. The summed E-state index contributed by atoms with van der Waals surface area (Å²) in [6, 6.07) is 7.46. The van der Waals surface area contributed by atoms with Crippen LogP contribution in [0.15, 0.2) is 24.3 Å². The van der Waals surface area contributed by atoms with Crippen molar-refractivity contribution < 1.29 is 5.11 Å². The number of aliphatic hydroxyl groups excluding tert-OH is 1. The summed E-state index contributed by atoms with van der Waals surface area (Å²) in [6.45, 7) is 7.56. The molecule has 0 aliphatic carbocycles. The first kappa shape index (κ1) is 15.5. The van der Waals surface area contributed by atoms with Gasteiger partial charge in [0.15, 0.2) is 0 Å². The predicted molar refractivity (Wildman–Crippen MR) is 78.1 cm³/mol. The summed E-state index contributed by atoms with van der Waals surface area (Å²) in [5.74, 6) is 0. The van der Waals surface area contributed by atoms with Crippen LogP contribution < -0.4 is 0 Å². The molecule has 3 heteroatoms. The lowest BCUT2D eigenvalue weighted by Crippen LogP contribution is -2.27. The lowest BCUT2D eigenvalue weighted by Gasteiger charge is -2.22. The van der Waals surface area contributed by atoms with Gasteiger partial charge in [-0.2, -0.15) is 0 Å². The number of hydrogen-bond donors (Lipinski definition) is 1. The van der Waals surface area contributed by atoms with Crippen molar-refractivity contribution in [2.24, 2.45) is 0 Å². The fourth-order valence-electron chi connectivity index (χ4n) is 2.12. The van der Waals surface area contributed by atoms with Crippen LogP contribution in [0.1, 0.15) is 44.8 Å². The van der Waals surface area contributed by atoms with Crippen molar-refractivity contribution in [2.45, 2.75) is 39.2 Å². The van der Waals surface area contributed by atoms with Gasteiger partial charge in [-0.05, 0) is 50.0 Å². The Bertz CT molecular complexity index is 320. The van der Waals surface area contributed by atoms with Crippen LogP contribution in [0.3, 0.4) is 0 Å². The normalized spacial score (nSPS) is 12.9. The van der Waals surface area contributed by atoms with Gasteiger partial charge in [-0.1, -0.05) is 37.6 Å². The highest BCUT2D eigenvalue weighted by molar-refractivity contribution is 6.30. The second-order valence-electron chi connectivity index (χ2n) is 4.70. The summed E-state index contributed by atoms with van der Waals surface area (Å²) < 4.78 is 0. The van der Waals surface area contributed by atoms with Crippen LogP contribution in [0.4, 0.5) is 0 Å². The topological polar surface area (TPSA) is 23.5 Å². The number of hydrogen-bond acceptors (Lipinski definition) is 2. The summed E-state index contributed by atoms with van der Waals surface area (Å²) >= 11 is 5.84. The molecule has 2 nitrogen and oxygen atoms in total. The van der Waals surface area contributed by atoms with Gasteiger partial charge in [0, 0.05) is 11.6 Å². The average molecular weight is 270 g/mol. The summed E-state index contributed by atoms with van der Waals surface area (Å²) in [5.41, 5.74) is 0.951. The molecule has 0 radical (unpaired) electrons. The molecule has 0 saturated heterocycles. The van der Waals surface area contributed by atoms with Gasteiger partial charge >= 0.3 is 0 Å². The van der Waals surface area contributed by atoms with Gasteiger partial charge in [-0.3, -0.25) is 0 Å². The molecule has 0 amide bonds. The molecule has 18 heavy (non-hydrogen) atoms. The van der Waals surface area contributed by atoms with Crippen molar-refractivity contribution in [3.05, 3.63) is 34.9 Å². The molecule has 0 aliphatic heterocycles. The molecule has 1 aromatic carbocycles. The summed E-state index contributed by atoms with van der Waals surface area (Å²) in [7, 11) is 0. The summed E-state index contributed by atoms with van der Waals surface area (Å²) in [4.78, 5) is 2.42. The Labute approximate surface area is 116 Å². The maximum absolute atomic E-state index is 10.1. The minimum Gasteiger partial charge on any atom is -0.388 e. The third kappa shape index (κ3) is 5.38. The monoisotopic (exact) mass is 269 g/mol. The number of nitrogens with zero attached hydrogens (tertiary/aromatic N) is 1. The van der Waals surface area contributed by atoms with Gasteiger partial charge in [-0.15, -0.1) is 0 Å². The Kier molecular flexibility index (Phi) is 7.33. The SMILES string of the molecule is CCCN(CCC)CCC(O)c1ccc(Cl)cc1. The van der Waals surface area contributed by atoms with Crippen molar-refractivity contribution in [2.75, 3.05) is 19.6 Å². The fraction of sp³-hybridized carbons (Fsp3) is 0.600. The Morgan fingerprint density at radius 2 is 1.61 bits per heavy atom. The van der Waals surface area contributed by atoms with E-state index in [0.717, 1.165) is 44.5 Å². The number of benzene rings is 1. The van der Waals surface area contributed by atoms with Crippen molar-refractivity contribution in [1.29, 1.82) is 0 Å². The largest absolute Gasteiger partial charge is 0.388 e. The molecular weight excluding hydrogens is 246 g/mol. The molecule has 102 valence electrons. The van der Waals surface area contributed by atoms with Crippen LogP contribution in [-0.4, -0.2) is 29.6 Å². The van der Waals surface area contributed by atoms with Gasteiger partial charge in [0.05, 0.1) is 6.10 Å². The molecule has 0 spiro atoms. The fourth-order valence-corrected chi connectivity index (χ4v) is 2.25. The molecule has 0 aromatic heterocycles. The first-order valence-corrected chi connectivity index (χ1v) is 7.21. The maximum Gasteiger partial charge on any atom is 0.0802 e. The molecule has 0 aliphatic rings. The molecule has 1 atom stereocenters. The minimum absolute atomic E-state index is 0.390. The predicted octanol–water partition coefficient (Wildman–Crippen LogP) is 3.89. The second-order valence-corrected chi connectivity index (χ2v) is 5.13. The molecule has 1 rings (SSSR count). The van der Waals surface area contributed by atoms with Crippen molar-refractivity contribution in [3.8, 4) is 0 Å². The van der Waals surface area contributed by atoms with Gasteiger partial charge in [0.25, 0.3) is 0 Å². The number of rotatable bonds is 8. The van der Waals surface area contributed by atoms with E-state index in [0.29, 0.717) is 5.02 Å². The first-order valence-electron chi connectivity index (χ1n) is 6.83. The highest BCUT2D eigenvalue weighted by Crippen LogP contribution is 2.19. The Balaban J connectivity index is 2.43. The number of halogens is 1. The highest BCUT2D eigenvalue weighted by Gasteiger charge is 2.10. The zero-order valence-corrected chi connectivity index (χ0v) is 12.2. The Hall–Kier alpha value is -0.570. The molecule has 1 unspecified atom stereocenters. The zero-order chi connectivity index (χ0) is 13.4. The summed E-state index contributed by atoms with van der Waals surface area (Å²) in [6.07, 6.45) is 2.72. The van der Waals surface area contributed by atoms with Crippen LogP contribution in [0.25, 0.3) is 0 Å². The van der Waals surface area contributed by atoms with Gasteiger partial charge < -0.3 is 10.0 Å². The third-order valence-corrected chi connectivity index (χ3v) is 3.31. The van der Waals surface area contributed by atoms with E-state index in [2.05, 4.69) is 18.7 Å². The molecule has 0 bridgehead atoms. The quantitative estimate of drug-likeness (QED) is 0.774. The molecule has 1 N–H and O–H groups in total. The van der Waals surface area contributed by atoms with Crippen LogP contribution in [-0.2, 0) is 0 Å². The Morgan fingerprint density at radius 1 is 1.06 bits per heavy atom. The van der Waals surface area contributed by atoms with Gasteiger partial charge in [0.2, 0.25) is 0 Å². The number of aliphatic hydroxyl groups is 1. The van der Waals surface area contributed by atoms with E-state index < -0.39 is 6.10 Å². The molecule has 0 heterocycles. The van der Waals surface area contributed by atoms with Crippen LogP contribution >= 0.6 is 11.6 Å². The van der Waals surface area contributed by atoms with Gasteiger partial charge in [0.1, 0.15) is 0 Å². The molecular formula is C15H24ClNO. The van der Waals surface area contributed by atoms with Crippen molar-refractivity contribution in [3.63, 3.8) is 0 Å². The average Bonchev–Trinajstić information content (AvgIpc) is 2.37. The van der Waals surface area contributed by atoms with E-state index in [9.17, 15) is 5.11 Å². The smallest absolute Gasteiger partial charge is 0.0802 e. The van der Waals surface area contributed by atoms with Crippen LogP contribution in [0, 0.1) is 0 Å². The van der Waals surface area contributed by atoms with E-state index in [4.69, 9.17) is 11.6 Å². The maximum atomic E-state index is 10.1. The van der Waals surface area contributed by atoms with Crippen LogP contribution in [0.2, 0.25) is 5.02 Å². The van der Waals surface area contributed by atoms with E-state index in [1.165, 1.54) is 0 Å². The molecule has 0 fully saturated rings.